The average molecular weight is 219 g/mol. The minimum atomic E-state index is -0.0420. The van der Waals surface area contributed by atoms with Crippen LogP contribution in [0.3, 0.4) is 0 Å². The van der Waals surface area contributed by atoms with Crippen LogP contribution in [-0.2, 0) is 4.79 Å². The lowest BCUT2D eigenvalue weighted by atomic mass is 10.0. The van der Waals surface area contributed by atoms with Gasteiger partial charge in [-0.2, -0.15) is 0 Å². The Hall–Kier alpha value is -1.42. The van der Waals surface area contributed by atoms with E-state index < -0.39 is 0 Å². The Morgan fingerprint density at radius 2 is 2.38 bits per heavy atom. The maximum Gasteiger partial charge on any atom is 0.229 e. The van der Waals surface area contributed by atoms with Gasteiger partial charge in [0, 0.05) is 12.2 Å². The number of carbonyl (C=O) groups excluding carboxylic acids is 1. The molecule has 2 unspecified atom stereocenters. The molecule has 0 saturated heterocycles. The number of hydrogen-bond donors (Lipinski definition) is 2. The van der Waals surface area contributed by atoms with Gasteiger partial charge in [0.2, 0.25) is 5.91 Å². The molecule has 0 spiro atoms. The Morgan fingerprint density at radius 3 is 3.00 bits per heavy atom. The van der Waals surface area contributed by atoms with Gasteiger partial charge in [0.25, 0.3) is 0 Å². The zero-order chi connectivity index (χ0) is 11.5. The molecule has 86 valence electrons. The summed E-state index contributed by atoms with van der Waals surface area (Å²) in [5.41, 5.74) is 7.51. The van der Waals surface area contributed by atoms with Crippen LogP contribution < -0.4 is 11.1 Å². The number of amides is 1. The van der Waals surface area contributed by atoms with Crippen LogP contribution in [0.15, 0.2) is 18.3 Å². The minimum absolute atomic E-state index is 0.0111. The van der Waals surface area contributed by atoms with E-state index in [-0.39, 0.29) is 17.9 Å². The van der Waals surface area contributed by atoms with Crippen molar-refractivity contribution in [1.82, 2.24) is 4.98 Å². The van der Waals surface area contributed by atoms with Gasteiger partial charge in [0.1, 0.15) is 0 Å². The van der Waals surface area contributed by atoms with E-state index >= 15 is 0 Å². The lowest BCUT2D eigenvalue weighted by Gasteiger charge is -2.15. The molecule has 1 saturated carbocycles. The summed E-state index contributed by atoms with van der Waals surface area (Å²) in [5.74, 6) is -0.0132. The normalized spacial score (nSPS) is 24.4. The van der Waals surface area contributed by atoms with Crippen molar-refractivity contribution in [3.63, 3.8) is 0 Å². The second-order valence-corrected chi connectivity index (χ2v) is 4.33. The molecule has 0 bridgehead atoms. The fourth-order valence-corrected chi connectivity index (χ4v) is 2.16. The monoisotopic (exact) mass is 219 g/mol. The molecule has 1 fully saturated rings. The Labute approximate surface area is 95.3 Å². The van der Waals surface area contributed by atoms with Crippen LogP contribution in [-0.4, -0.2) is 16.9 Å². The highest BCUT2D eigenvalue weighted by Gasteiger charge is 2.30. The highest BCUT2D eigenvalue weighted by Crippen LogP contribution is 2.25. The summed E-state index contributed by atoms with van der Waals surface area (Å²) in [7, 11) is 0. The van der Waals surface area contributed by atoms with Crippen molar-refractivity contribution in [3.8, 4) is 0 Å². The molecule has 0 aromatic carbocycles. The lowest BCUT2D eigenvalue weighted by Crippen LogP contribution is -2.34. The fourth-order valence-electron chi connectivity index (χ4n) is 2.16. The molecule has 4 nitrogen and oxygen atoms in total. The second-order valence-electron chi connectivity index (χ2n) is 4.33. The van der Waals surface area contributed by atoms with E-state index in [2.05, 4.69) is 10.3 Å². The van der Waals surface area contributed by atoms with Crippen LogP contribution in [0.25, 0.3) is 0 Å². The van der Waals surface area contributed by atoms with Crippen LogP contribution in [0, 0.1) is 12.8 Å². The third kappa shape index (κ3) is 2.22. The minimum Gasteiger partial charge on any atom is -0.327 e. The largest absolute Gasteiger partial charge is 0.327 e. The molecular weight excluding hydrogens is 202 g/mol. The quantitative estimate of drug-likeness (QED) is 0.791. The third-order valence-corrected chi connectivity index (χ3v) is 3.17. The van der Waals surface area contributed by atoms with Gasteiger partial charge in [-0.3, -0.25) is 9.78 Å². The molecule has 1 aliphatic carbocycles. The number of hydrogen-bond acceptors (Lipinski definition) is 3. The molecule has 1 amide bonds. The van der Waals surface area contributed by atoms with Crippen molar-refractivity contribution in [1.29, 1.82) is 0 Å². The SMILES string of the molecule is Cc1ncccc1NC(=O)C1CCCC1N. The Balaban J connectivity index is 2.05. The maximum absolute atomic E-state index is 12.0. The Kier molecular flexibility index (Phi) is 3.19. The van der Waals surface area contributed by atoms with Gasteiger partial charge < -0.3 is 11.1 Å². The molecule has 1 aromatic rings. The van der Waals surface area contributed by atoms with Gasteiger partial charge in [-0.15, -0.1) is 0 Å². The van der Waals surface area contributed by atoms with Crippen LogP contribution in [0.1, 0.15) is 25.0 Å². The molecular formula is C12H17N3O. The molecule has 16 heavy (non-hydrogen) atoms. The van der Waals surface area contributed by atoms with Gasteiger partial charge >= 0.3 is 0 Å². The van der Waals surface area contributed by atoms with E-state index in [0.717, 1.165) is 30.6 Å². The van der Waals surface area contributed by atoms with Crippen molar-refractivity contribution in [3.05, 3.63) is 24.0 Å². The van der Waals surface area contributed by atoms with Crippen LogP contribution in [0.4, 0.5) is 5.69 Å². The van der Waals surface area contributed by atoms with Crippen molar-refractivity contribution < 1.29 is 4.79 Å². The van der Waals surface area contributed by atoms with Crippen molar-refractivity contribution in [2.45, 2.75) is 32.2 Å². The first-order chi connectivity index (χ1) is 7.68. The van der Waals surface area contributed by atoms with Gasteiger partial charge in [-0.05, 0) is 31.9 Å². The highest BCUT2D eigenvalue weighted by atomic mass is 16.1. The Morgan fingerprint density at radius 1 is 1.56 bits per heavy atom. The van der Waals surface area contributed by atoms with Crippen LogP contribution in [0.2, 0.25) is 0 Å². The standard InChI is InChI=1S/C12H17N3O/c1-8-11(6-3-7-14-8)15-12(16)9-4-2-5-10(9)13/h3,6-7,9-10H,2,4-5,13H2,1H3,(H,15,16). The van der Waals surface area contributed by atoms with E-state index in [1.54, 1.807) is 6.20 Å². The summed E-state index contributed by atoms with van der Waals surface area (Å²) >= 11 is 0. The fraction of sp³-hybridized carbons (Fsp3) is 0.500. The average Bonchev–Trinajstić information content (AvgIpc) is 2.68. The molecule has 3 N–H and O–H groups in total. The van der Waals surface area contributed by atoms with Crippen molar-refractivity contribution in [2.75, 3.05) is 5.32 Å². The van der Waals surface area contributed by atoms with Gasteiger partial charge in [0.05, 0.1) is 17.3 Å². The number of rotatable bonds is 2. The predicted molar refractivity (Wildman–Crippen MR) is 62.9 cm³/mol. The zero-order valence-electron chi connectivity index (χ0n) is 9.44. The van der Waals surface area contributed by atoms with E-state index in [9.17, 15) is 4.79 Å². The number of nitrogens with two attached hydrogens (primary N) is 1. The first-order valence-electron chi connectivity index (χ1n) is 5.66. The molecule has 2 atom stereocenters. The summed E-state index contributed by atoms with van der Waals surface area (Å²) in [5, 5.41) is 2.90. The summed E-state index contributed by atoms with van der Waals surface area (Å²) in [4.78, 5) is 16.1. The van der Waals surface area contributed by atoms with Gasteiger partial charge in [-0.25, -0.2) is 0 Å². The second kappa shape index (κ2) is 4.61. The first-order valence-corrected chi connectivity index (χ1v) is 5.66. The maximum atomic E-state index is 12.0. The predicted octanol–water partition coefficient (Wildman–Crippen LogP) is 1.46. The number of aryl methyl sites for hydroxylation is 1. The number of aromatic nitrogens is 1. The highest BCUT2D eigenvalue weighted by molar-refractivity contribution is 5.93. The number of carbonyl (C=O) groups is 1. The Bertz CT molecular complexity index is 392. The van der Waals surface area contributed by atoms with E-state index in [0.29, 0.717) is 0 Å². The van der Waals surface area contributed by atoms with Crippen molar-refractivity contribution in [2.24, 2.45) is 11.7 Å². The molecule has 0 aliphatic heterocycles. The molecule has 1 heterocycles. The van der Waals surface area contributed by atoms with Crippen molar-refractivity contribution >= 4 is 11.6 Å². The molecule has 0 radical (unpaired) electrons. The van der Waals surface area contributed by atoms with Gasteiger partial charge in [-0.1, -0.05) is 6.42 Å². The van der Waals surface area contributed by atoms with Gasteiger partial charge in [0.15, 0.2) is 0 Å². The number of nitrogens with zero attached hydrogens (tertiary/aromatic N) is 1. The van der Waals surface area contributed by atoms with E-state index in [1.165, 1.54) is 0 Å². The summed E-state index contributed by atoms with van der Waals surface area (Å²) in [6.45, 7) is 1.88. The molecule has 2 rings (SSSR count). The van der Waals surface area contributed by atoms with E-state index in [4.69, 9.17) is 5.73 Å². The van der Waals surface area contributed by atoms with Crippen LogP contribution >= 0.6 is 0 Å². The summed E-state index contributed by atoms with van der Waals surface area (Å²) < 4.78 is 0. The molecule has 1 aromatic heterocycles. The molecule has 4 heteroatoms. The topological polar surface area (TPSA) is 68.0 Å². The zero-order valence-corrected chi connectivity index (χ0v) is 9.44. The summed E-state index contributed by atoms with van der Waals surface area (Å²) in [6.07, 6.45) is 4.61. The number of nitrogens with one attached hydrogen (secondary N) is 1. The first kappa shape index (κ1) is 11.1. The number of anilines is 1. The third-order valence-electron chi connectivity index (χ3n) is 3.17. The van der Waals surface area contributed by atoms with Crippen LogP contribution in [0.5, 0.6) is 0 Å². The smallest absolute Gasteiger partial charge is 0.229 e. The lowest BCUT2D eigenvalue weighted by molar-refractivity contribution is -0.120. The molecule has 1 aliphatic rings. The number of pyridine rings is 1. The van der Waals surface area contributed by atoms with E-state index in [1.807, 2.05) is 19.1 Å². The summed E-state index contributed by atoms with van der Waals surface area (Å²) in [6, 6.07) is 3.69.